The Labute approximate surface area is 108 Å². The molecule has 1 aromatic carbocycles. The summed E-state index contributed by atoms with van der Waals surface area (Å²) in [6, 6.07) is 5.83. The normalized spacial score (nSPS) is 18.2. The Hall–Kier alpha value is -1.50. The van der Waals surface area contributed by atoms with Gasteiger partial charge in [0.1, 0.15) is 12.4 Å². The van der Waals surface area contributed by atoms with E-state index in [1.54, 1.807) is 0 Å². The molecule has 0 radical (unpaired) electrons. The van der Waals surface area contributed by atoms with Crippen molar-refractivity contribution in [1.82, 2.24) is 0 Å². The standard InChI is InChI=1S/C15H18O3/c1-12-9-15(5-4-14(12)3-2-7-16)18-11-13-6-8-17-10-13/h4-5,9,13,16H,6-8,10-11H2,1H3. The van der Waals surface area contributed by atoms with Gasteiger partial charge in [0, 0.05) is 18.1 Å². The maximum Gasteiger partial charge on any atom is 0.119 e. The van der Waals surface area contributed by atoms with E-state index in [0.29, 0.717) is 12.5 Å². The molecule has 3 nitrogen and oxygen atoms in total. The fourth-order valence-electron chi connectivity index (χ4n) is 1.93. The van der Waals surface area contributed by atoms with Gasteiger partial charge in [0.25, 0.3) is 0 Å². The van der Waals surface area contributed by atoms with Gasteiger partial charge < -0.3 is 14.6 Å². The van der Waals surface area contributed by atoms with Gasteiger partial charge in [-0.2, -0.15) is 0 Å². The molecule has 96 valence electrons. The summed E-state index contributed by atoms with van der Waals surface area (Å²) in [4.78, 5) is 0. The highest BCUT2D eigenvalue weighted by Crippen LogP contribution is 2.19. The van der Waals surface area contributed by atoms with Crippen LogP contribution in [0.15, 0.2) is 18.2 Å². The zero-order valence-corrected chi connectivity index (χ0v) is 10.6. The molecule has 18 heavy (non-hydrogen) atoms. The van der Waals surface area contributed by atoms with Gasteiger partial charge in [-0.1, -0.05) is 11.8 Å². The summed E-state index contributed by atoms with van der Waals surface area (Å²) < 4.78 is 11.1. The molecule has 1 fully saturated rings. The fraction of sp³-hybridized carbons (Fsp3) is 0.467. The molecule has 1 atom stereocenters. The van der Waals surface area contributed by atoms with E-state index in [0.717, 1.165) is 36.5 Å². The van der Waals surface area contributed by atoms with Gasteiger partial charge in [0.15, 0.2) is 0 Å². The van der Waals surface area contributed by atoms with Gasteiger partial charge in [-0.15, -0.1) is 0 Å². The Kier molecular flexibility index (Phi) is 4.63. The van der Waals surface area contributed by atoms with Crippen molar-refractivity contribution in [3.8, 4) is 17.6 Å². The van der Waals surface area contributed by atoms with E-state index in [1.165, 1.54) is 0 Å². The zero-order chi connectivity index (χ0) is 12.8. The van der Waals surface area contributed by atoms with E-state index in [-0.39, 0.29) is 6.61 Å². The van der Waals surface area contributed by atoms with Crippen LogP contribution in [-0.2, 0) is 4.74 Å². The van der Waals surface area contributed by atoms with Crippen molar-refractivity contribution in [3.05, 3.63) is 29.3 Å². The van der Waals surface area contributed by atoms with E-state index in [2.05, 4.69) is 11.8 Å². The van der Waals surface area contributed by atoms with Crippen molar-refractivity contribution < 1.29 is 14.6 Å². The lowest BCUT2D eigenvalue weighted by Crippen LogP contribution is -2.11. The van der Waals surface area contributed by atoms with Gasteiger partial charge in [0.05, 0.1) is 13.2 Å². The van der Waals surface area contributed by atoms with E-state index in [1.807, 2.05) is 25.1 Å². The molecular formula is C15H18O3. The molecule has 1 aliphatic heterocycles. The average molecular weight is 246 g/mol. The molecule has 0 saturated carbocycles. The molecule has 1 aromatic rings. The third kappa shape index (κ3) is 3.49. The predicted octanol–water partition coefficient (Wildman–Crippen LogP) is 1.75. The van der Waals surface area contributed by atoms with Gasteiger partial charge >= 0.3 is 0 Å². The largest absolute Gasteiger partial charge is 0.493 e. The molecule has 1 saturated heterocycles. The zero-order valence-electron chi connectivity index (χ0n) is 10.6. The molecule has 0 aromatic heterocycles. The molecule has 1 aliphatic rings. The first-order chi connectivity index (χ1) is 8.79. The van der Waals surface area contributed by atoms with Crippen LogP contribution < -0.4 is 4.74 Å². The highest BCUT2D eigenvalue weighted by molar-refractivity contribution is 5.44. The Morgan fingerprint density at radius 3 is 3.06 bits per heavy atom. The molecule has 0 spiro atoms. The Balaban J connectivity index is 1.95. The minimum absolute atomic E-state index is 0.112. The third-order valence-electron chi connectivity index (χ3n) is 3.01. The lowest BCUT2D eigenvalue weighted by atomic mass is 10.1. The molecule has 0 amide bonds. The van der Waals surface area contributed by atoms with Crippen LogP contribution in [0.1, 0.15) is 17.5 Å². The summed E-state index contributed by atoms with van der Waals surface area (Å²) >= 11 is 0. The van der Waals surface area contributed by atoms with Crippen molar-refractivity contribution in [2.45, 2.75) is 13.3 Å². The van der Waals surface area contributed by atoms with Crippen LogP contribution in [0.5, 0.6) is 5.75 Å². The van der Waals surface area contributed by atoms with Crippen molar-refractivity contribution in [1.29, 1.82) is 0 Å². The van der Waals surface area contributed by atoms with E-state index >= 15 is 0 Å². The number of ether oxygens (including phenoxy) is 2. The van der Waals surface area contributed by atoms with Crippen LogP contribution in [0, 0.1) is 24.7 Å². The van der Waals surface area contributed by atoms with Crippen LogP contribution >= 0.6 is 0 Å². The minimum Gasteiger partial charge on any atom is -0.493 e. The number of aliphatic hydroxyl groups is 1. The molecule has 0 aliphatic carbocycles. The van der Waals surface area contributed by atoms with Gasteiger partial charge in [-0.05, 0) is 37.1 Å². The number of aliphatic hydroxyl groups excluding tert-OH is 1. The highest BCUT2D eigenvalue weighted by atomic mass is 16.5. The Bertz CT molecular complexity index is 451. The fourth-order valence-corrected chi connectivity index (χ4v) is 1.93. The summed E-state index contributed by atoms with van der Waals surface area (Å²) in [6.07, 6.45) is 1.08. The van der Waals surface area contributed by atoms with Crippen molar-refractivity contribution in [2.24, 2.45) is 5.92 Å². The first-order valence-electron chi connectivity index (χ1n) is 6.20. The first kappa shape index (κ1) is 12.9. The SMILES string of the molecule is Cc1cc(OCC2CCOC2)ccc1C#CCO. The summed E-state index contributed by atoms with van der Waals surface area (Å²) in [7, 11) is 0. The molecule has 3 heteroatoms. The van der Waals surface area contributed by atoms with E-state index in [4.69, 9.17) is 14.6 Å². The Morgan fingerprint density at radius 2 is 2.39 bits per heavy atom. The molecule has 1 N–H and O–H groups in total. The van der Waals surface area contributed by atoms with Crippen LogP contribution in [0.25, 0.3) is 0 Å². The van der Waals surface area contributed by atoms with Crippen LogP contribution in [0.3, 0.4) is 0 Å². The van der Waals surface area contributed by atoms with Crippen LogP contribution in [0.2, 0.25) is 0 Å². The molecular weight excluding hydrogens is 228 g/mol. The second-order valence-corrected chi connectivity index (χ2v) is 4.48. The number of hydrogen-bond acceptors (Lipinski definition) is 3. The molecule has 2 rings (SSSR count). The topological polar surface area (TPSA) is 38.7 Å². The molecule has 1 unspecified atom stereocenters. The maximum atomic E-state index is 8.67. The van der Waals surface area contributed by atoms with Crippen molar-refractivity contribution in [2.75, 3.05) is 26.4 Å². The van der Waals surface area contributed by atoms with Crippen molar-refractivity contribution in [3.63, 3.8) is 0 Å². The van der Waals surface area contributed by atoms with Gasteiger partial charge in [0.2, 0.25) is 0 Å². The molecule has 0 bridgehead atoms. The van der Waals surface area contributed by atoms with Crippen LogP contribution in [0.4, 0.5) is 0 Å². The lowest BCUT2D eigenvalue weighted by Gasteiger charge is -2.11. The number of rotatable bonds is 3. The summed E-state index contributed by atoms with van der Waals surface area (Å²) in [5.74, 6) is 6.94. The lowest BCUT2D eigenvalue weighted by molar-refractivity contribution is 0.167. The first-order valence-corrected chi connectivity index (χ1v) is 6.20. The summed E-state index contributed by atoms with van der Waals surface area (Å²) in [5.41, 5.74) is 2.00. The Morgan fingerprint density at radius 1 is 1.50 bits per heavy atom. The minimum atomic E-state index is -0.112. The second kappa shape index (κ2) is 6.44. The number of benzene rings is 1. The van der Waals surface area contributed by atoms with Crippen molar-refractivity contribution >= 4 is 0 Å². The number of hydrogen-bond donors (Lipinski definition) is 1. The van der Waals surface area contributed by atoms with Gasteiger partial charge in [-0.25, -0.2) is 0 Å². The van der Waals surface area contributed by atoms with Gasteiger partial charge in [-0.3, -0.25) is 0 Å². The third-order valence-corrected chi connectivity index (χ3v) is 3.01. The van der Waals surface area contributed by atoms with Crippen LogP contribution in [-0.4, -0.2) is 31.5 Å². The van der Waals surface area contributed by atoms with E-state index < -0.39 is 0 Å². The quantitative estimate of drug-likeness (QED) is 0.826. The number of aryl methyl sites for hydroxylation is 1. The predicted molar refractivity (Wildman–Crippen MR) is 69.6 cm³/mol. The highest BCUT2D eigenvalue weighted by Gasteiger charge is 2.16. The second-order valence-electron chi connectivity index (χ2n) is 4.48. The van der Waals surface area contributed by atoms with E-state index in [9.17, 15) is 0 Å². The summed E-state index contributed by atoms with van der Waals surface area (Å²) in [6.45, 7) is 4.25. The maximum absolute atomic E-state index is 8.67. The smallest absolute Gasteiger partial charge is 0.119 e. The monoisotopic (exact) mass is 246 g/mol. The molecule has 1 heterocycles. The average Bonchev–Trinajstić information content (AvgIpc) is 2.88. The summed E-state index contributed by atoms with van der Waals surface area (Å²) in [5, 5.41) is 8.67.